The van der Waals surface area contributed by atoms with Gasteiger partial charge in [0.15, 0.2) is 0 Å². The number of hydrogen-bond donors (Lipinski definition) is 3. The van der Waals surface area contributed by atoms with Gasteiger partial charge in [0.2, 0.25) is 5.91 Å². The first-order chi connectivity index (χ1) is 15.5. The van der Waals surface area contributed by atoms with E-state index in [2.05, 4.69) is 39.9 Å². The molecule has 0 unspecified atom stereocenters. The Morgan fingerprint density at radius 2 is 1.78 bits per heavy atom. The molecule has 0 spiro atoms. The summed E-state index contributed by atoms with van der Waals surface area (Å²) < 4.78 is 0. The topological polar surface area (TPSA) is 91.1 Å². The van der Waals surface area contributed by atoms with E-state index in [-0.39, 0.29) is 11.5 Å². The van der Waals surface area contributed by atoms with Crippen LogP contribution in [0.3, 0.4) is 0 Å². The number of pyridine rings is 1. The number of fused-ring (bicyclic) bond motifs is 2. The fourth-order valence-electron chi connectivity index (χ4n) is 3.61. The summed E-state index contributed by atoms with van der Waals surface area (Å²) in [5.74, 6) is -0.652. The van der Waals surface area contributed by atoms with E-state index in [1.165, 1.54) is 17.7 Å². The number of benzene rings is 3. The third-order valence-electron chi connectivity index (χ3n) is 5.24. The molecule has 0 saturated heterocycles. The van der Waals surface area contributed by atoms with Crippen LogP contribution in [0.25, 0.3) is 21.7 Å². The van der Waals surface area contributed by atoms with Crippen molar-refractivity contribution < 1.29 is 9.59 Å². The van der Waals surface area contributed by atoms with Crippen molar-refractivity contribution in [3.63, 3.8) is 0 Å². The lowest BCUT2D eigenvalue weighted by Gasteiger charge is -2.10. The van der Waals surface area contributed by atoms with Crippen LogP contribution < -0.4 is 16.2 Å². The minimum atomic E-state index is -0.510. The van der Waals surface area contributed by atoms with Crippen LogP contribution in [0.2, 0.25) is 0 Å². The number of allylic oxidation sites excluding steroid dienone is 1. The van der Waals surface area contributed by atoms with Gasteiger partial charge in [0.05, 0.1) is 11.2 Å². The van der Waals surface area contributed by atoms with Gasteiger partial charge in [0.25, 0.3) is 11.5 Å². The van der Waals surface area contributed by atoms with E-state index in [1.807, 2.05) is 18.2 Å². The molecular formula is C26H23N3O3. The van der Waals surface area contributed by atoms with Crippen molar-refractivity contribution in [1.82, 2.24) is 10.3 Å². The molecule has 2 amide bonds. The highest BCUT2D eigenvalue weighted by Gasteiger charge is 2.13. The molecule has 0 atom stereocenters. The van der Waals surface area contributed by atoms with Crippen molar-refractivity contribution in [3.05, 3.63) is 100 Å². The molecule has 6 heteroatoms. The van der Waals surface area contributed by atoms with Crippen molar-refractivity contribution in [2.45, 2.75) is 19.8 Å². The van der Waals surface area contributed by atoms with Crippen molar-refractivity contribution >= 4 is 39.2 Å². The molecular weight excluding hydrogens is 402 g/mol. The summed E-state index contributed by atoms with van der Waals surface area (Å²) in [5, 5.41) is 8.36. The van der Waals surface area contributed by atoms with Gasteiger partial charge in [0.1, 0.15) is 5.56 Å². The van der Waals surface area contributed by atoms with Gasteiger partial charge in [-0.05, 0) is 54.1 Å². The predicted octanol–water partition coefficient (Wildman–Crippen LogP) is 4.52. The molecule has 0 aliphatic heterocycles. The van der Waals surface area contributed by atoms with Crippen molar-refractivity contribution in [1.29, 1.82) is 0 Å². The third-order valence-corrected chi connectivity index (χ3v) is 5.24. The summed E-state index contributed by atoms with van der Waals surface area (Å²) in [6.45, 7) is 1.76. The number of carbonyl (C=O) groups is 2. The molecule has 0 radical (unpaired) electrons. The van der Waals surface area contributed by atoms with Gasteiger partial charge in [-0.3, -0.25) is 14.4 Å². The minimum absolute atomic E-state index is 0.0199. The van der Waals surface area contributed by atoms with Gasteiger partial charge in [-0.2, -0.15) is 0 Å². The van der Waals surface area contributed by atoms with Crippen LogP contribution in [0.5, 0.6) is 0 Å². The van der Waals surface area contributed by atoms with Crippen LogP contribution in [-0.4, -0.2) is 16.8 Å². The lowest BCUT2D eigenvalue weighted by Crippen LogP contribution is -2.26. The molecule has 0 saturated carbocycles. The van der Waals surface area contributed by atoms with Gasteiger partial charge in [-0.1, -0.05) is 54.6 Å². The first kappa shape index (κ1) is 21.1. The molecule has 0 aliphatic carbocycles. The number of amides is 2. The van der Waals surface area contributed by atoms with Crippen LogP contribution in [0.4, 0.5) is 5.69 Å². The first-order valence-electron chi connectivity index (χ1n) is 10.4. The summed E-state index contributed by atoms with van der Waals surface area (Å²) in [6, 6.07) is 21.0. The molecule has 3 N–H and O–H groups in total. The largest absolute Gasteiger partial charge is 0.329 e. The van der Waals surface area contributed by atoms with Gasteiger partial charge in [0, 0.05) is 11.8 Å². The molecule has 0 aliphatic rings. The molecule has 160 valence electrons. The first-order valence-corrected chi connectivity index (χ1v) is 10.4. The monoisotopic (exact) mass is 425 g/mol. The Hall–Kier alpha value is -4.19. The van der Waals surface area contributed by atoms with Crippen molar-refractivity contribution in [2.75, 3.05) is 5.32 Å². The third kappa shape index (κ3) is 4.59. The van der Waals surface area contributed by atoms with Gasteiger partial charge in [-0.15, -0.1) is 0 Å². The Bertz CT molecular complexity index is 1400. The number of anilines is 1. The van der Waals surface area contributed by atoms with Crippen LogP contribution in [-0.2, 0) is 11.2 Å². The lowest BCUT2D eigenvalue weighted by atomic mass is 10.0. The van der Waals surface area contributed by atoms with E-state index in [9.17, 15) is 14.4 Å². The van der Waals surface area contributed by atoms with E-state index in [4.69, 9.17) is 0 Å². The van der Waals surface area contributed by atoms with Gasteiger partial charge < -0.3 is 15.6 Å². The number of nitrogens with one attached hydrogen (secondary N) is 3. The van der Waals surface area contributed by atoms with Crippen LogP contribution in [0, 0.1) is 0 Å². The second-order valence-electron chi connectivity index (χ2n) is 7.48. The van der Waals surface area contributed by atoms with E-state index >= 15 is 0 Å². The Kier molecular flexibility index (Phi) is 6.12. The zero-order chi connectivity index (χ0) is 22.5. The number of H-pyrrole nitrogens is 1. The second-order valence-corrected chi connectivity index (χ2v) is 7.48. The molecule has 0 bridgehead atoms. The Balaban J connectivity index is 1.52. The maximum absolute atomic E-state index is 12.6. The van der Waals surface area contributed by atoms with Crippen LogP contribution in [0.1, 0.15) is 29.3 Å². The number of hydrogen-bond acceptors (Lipinski definition) is 3. The maximum atomic E-state index is 12.6. The fourth-order valence-corrected chi connectivity index (χ4v) is 3.61. The number of aromatic nitrogens is 1. The standard InChI is InChI=1S/C26H23N3O3/c1-2-14-27-25(31)21-16-20-22(8-5-9-23(20)29-26(21)32)28-24(30)13-11-17-10-12-18-6-3-4-7-19(18)15-17/h2-10,12,14-16H,11,13H2,1H3,(H,27,31)(H,28,30)(H,29,32)/b14-2+. The Morgan fingerprint density at radius 3 is 2.59 bits per heavy atom. The summed E-state index contributed by atoms with van der Waals surface area (Å²) in [4.78, 5) is 39.9. The van der Waals surface area contributed by atoms with E-state index in [1.54, 1.807) is 31.2 Å². The number of aromatic amines is 1. The highest BCUT2D eigenvalue weighted by molar-refractivity contribution is 6.04. The minimum Gasteiger partial charge on any atom is -0.329 e. The number of carbonyl (C=O) groups excluding carboxylic acids is 2. The van der Waals surface area contributed by atoms with E-state index in [0.717, 1.165) is 10.9 Å². The van der Waals surface area contributed by atoms with Crippen LogP contribution in [0.15, 0.2) is 83.8 Å². The molecule has 32 heavy (non-hydrogen) atoms. The zero-order valence-corrected chi connectivity index (χ0v) is 17.6. The molecule has 4 rings (SSSR count). The van der Waals surface area contributed by atoms with E-state index in [0.29, 0.717) is 29.4 Å². The Labute approximate surface area is 185 Å². The smallest absolute Gasteiger partial charge is 0.261 e. The molecule has 1 aromatic heterocycles. The summed E-state index contributed by atoms with van der Waals surface area (Å²) in [7, 11) is 0. The average molecular weight is 425 g/mol. The summed E-state index contributed by atoms with van der Waals surface area (Å²) >= 11 is 0. The van der Waals surface area contributed by atoms with E-state index < -0.39 is 11.5 Å². The molecule has 0 fully saturated rings. The summed E-state index contributed by atoms with van der Waals surface area (Å²) in [6.07, 6.45) is 4.04. The maximum Gasteiger partial charge on any atom is 0.261 e. The zero-order valence-electron chi connectivity index (χ0n) is 17.6. The number of aryl methyl sites for hydroxylation is 1. The predicted molar refractivity (Wildman–Crippen MR) is 128 cm³/mol. The molecule has 3 aromatic carbocycles. The SMILES string of the molecule is C/C=C/NC(=O)c1cc2c(NC(=O)CCc3ccc4ccccc4c3)cccc2[nH]c1=O. The average Bonchev–Trinajstić information content (AvgIpc) is 2.80. The van der Waals surface area contributed by atoms with Crippen LogP contribution >= 0.6 is 0 Å². The highest BCUT2D eigenvalue weighted by Crippen LogP contribution is 2.22. The lowest BCUT2D eigenvalue weighted by molar-refractivity contribution is -0.116. The molecule has 6 nitrogen and oxygen atoms in total. The summed E-state index contributed by atoms with van der Waals surface area (Å²) in [5.41, 5.74) is 1.67. The normalized spacial score (nSPS) is 11.2. The number of rotatable bonds is 6. The van der Waals surface area contributed by atoms with Crippen molar-refractivity contribution in [3.8, 4) is 0 Å². The van der Waals surface area contributed by atoms with Gasteiger partial charge >= 0.3 is 0 Å². The quantitative estimate of drug-likeness (QED) is 0.424. The highest BCUT2D eigenvalue weighted by atomic mass is 16.2. The molecule has 1 heterocycles. The second kappa shape index (κ2) is 9.31. The van der Waals surface area contributed by atoms with Crippen molar-refractivity contribution in [2.24, 2.45) is 0 Å². The Morgan fingerprint density at radius 1 is 0.969 bits per heavy atom. The molecule has 4 aromatic rings. The van der Waals surface area contributed by atoms with Gasteiger partial charge in [-0.25, -0.2) is 0 Å². The fraction of sp³-hybridized carbons (Fsp3) is 0.115.